The van der Waals surface area contributed by atoms with Crippen LogP contribution < -0.4 is 0 Å². The molecule has 0 aromatic heterocycles. The molecule has 0 unspecified atom stereocenters. The highest BCUT2D eigenvalue weighted by atomic mass is 35.6. The van der Waals surface area contributed by atoms with Crippen molar-refractivity contribution in [2.45, 2.75) is 23.6 Å². The van der Waals surface area contributed by atoms with Gasteiger partial charge in [0.15, 0.2) is 0 Å². The summed E-state index contributed by atoms with van der Waals surface area (Å²) >= 11 is 16.4. The van der Waals surface area contributed by atoms with Crippen molar-refractivity contribution in [1.29, 1.82) is 0 Å². The zero-order valence-electron chi connectivity index (χ0n) is 9.38. The van der Waals surface area contributed by atoms with Crippen LogP contribution in [0.15, 0.2) is 24.3 Å². The largest absolute Gasteiger partial charge is 0.461 e. The van der Waals surface area contributed by atoms with Gasteiger partial charge in [0, 0.05) is 6.42 Å². The average molecular weight is 296 g/mol. The fourth-order valence-electron chi connectivity index (χ4n) is 1.35. The second-order valence-corrected chi connectivity index (χ2v) is 6.28. The molecule has 0 aliphatic rings. The van der Waals surface area contributed by atoms with E-state index in [1.54, 1.807) is 0 Å². The highest BCUT2D eigenvalue weighted by Gasteiger charge is 2.21. The average Bonchev–Trinajstić information content (AvgIpc) is 2.23. The summed E-state index contributed by atoms with van der Waals surface area (Å²) in [5, 5.41) is 0. The van der Waals surface area contributed by atoms with Gasteiger partial charge in [-0.25, -0.2) is 0 Å². The minimum atomic E-state index is -1.54. The second kappa shape index (κ2) is 6.48. The minimum absolute atomic E-state index is 0.218. The second-order valence-electron chi connectivity index (χ2n) is 3.76. The first-order valence-corrected chi connectivity index (χ1v) is 6.28. The molecule has 1 aromatic rings. The van der Waals surface area contributed by atoms with E-state index in [1.165, 1.54) is 0 Å². The molecule has 5 heteroatoms. The molecular formula is C12H13Cl3O2. The zero-order chi connectivity index (χ0) is 12.9. The van der Waals surface area contributed by atoms with E-state index >= 15 is 0 Å². The Morgan fingerprint density at radius 1 is 1.35 bits per heavy atom. The predicted molar refractivity (Wildman–Crippen MR) is 70.7 cm³/mol. The maximum absolute atomic E-state index is 11.3. The maximum Gasteiger partial charge on any atom is 0.306 e. The monoisotopic (exact) mass is 294 g/mol. The first kappa shape index (κ1) is 14.6. The number of hydrogen-bond donors (Lipinski definition) is 0. The Morgan fingerprint density at radius 2 is 2.06 bits per heavy atom. The molecule has 0 spiro atoms. The Bertz CT molecular complexity index is 386. The molecule has 0 aliphatic carbocycles. The number of hydrogen-bond acceptors (Lipinski definition) is 2. The highest BCUT2D eigenvalue weighted by molar-refractivity contribution is 6.67. The van der Waals surface area contributed by atoms with Gasteiger partial charge in [0.25, 0.3) is 0 Å². The van der Waals surface area contributed by atoms with E-state index < -0.39 is 3.79 Å². The number of carbonyl (C=O) groups is 1. The van der Waals surface area contributed by atoms with Crippen molar-refractivity contribution in [2.75, 3.05) is 6.61 Å². The van der Waals surface area contributed by atoms with Gasteiger partial charge in [-0.3, -0.25) is 4.79 Å². The standard InChI is InChI=1S/C12H13Cl3O2/c1-9-3-2-4-10(7-9)5-6-11(16)17-8-12(13,14)15/h2-4,7H,5-6,8H2,1H3. The van der Waals surface area contributed by atoms with Crippen LogP contribution in [0.1, 0.15) is 17.5 Å². The van der Waals surface area contributed by atoms with Gasteiger partial charge in [-0.2, -0.15) is 0 Å². The molecule has 0 bridgehead atoms. The van der Waals surface area contributed by atoms with Crippen molar-refractivity contribution >= 4 is 40.8 Å². The molecule has 1 aromatic carbocycles. The van der Waals surface area contributed by atoms with E-state index in [9.17, 15) is 4.79 Å². The van der Waals surface area contributed by atoms with E-state index in [0.717, 1.165) is 11.1 Å². The first-order valence-electron chi connectivity index (χ1n) is 5.15. The molecule has 2 nitrogen and oxygen atoms in total. The number of ether oxygens (including phenoxy) is 1. The number of carbonyl (C=O) groups excluding carboxylic acids is 1. The Balaban J connectivity index is 2.33. The third-order valence-electron chi connectivity index (χ3n) is 2.10. The SMILES string of the molecule is Cc1cccc(CCC(=O)OCC(Cl)(Cl)Cl)c1. The lowest BCUT2D eigenvalue weighted by Gasteiger charge is -2.11. The zero-order valence-corrected chi connectivity index (χ0v) is 11.6. The quantitative estimate of drug-likeness (QED) is 0.623. The van der Waals surface area contributed by atoms with Crippen LogP contribution in [0.5, 0.6) is 0 Å². The van der Waals surface area contributed by atoms with Gasteiger partial charge in [-0.1, -0.05) is 64.6 Å². The van der Waals surface area contributed by atoms with Gasteiger partial charge in [0.05, 0.1) is 0 Å². The number of halogens is 3. The van der Waals surface area contributed by atoms with Gasteiger partial charge < -0.3 is 4.74 Å². The van der Waals surface area contributed by atoms with E-state index in [-0.39, 0.29) is 19.0 Å². The number of rotatable bonds is 4. The van der Waals surface area contributed by atoms with Crippen molar-refractivity contribution in [1.82, 2.24) is 0 Å². The summed E-state index contributed by atoms with van der Waals surface area (Å²) in [6.07, 6.45) is 0.907. The van der Waals surface area contributed by atoms with Crippen molar-refractivity contribution < 1.29 is 9.53 Å². The highest BCUT2D eigenvalue weighted by Crippen LogP contribution is 2.26. The van der Waals surface area contributed by atoms with E-state index in [0.29, 0.717) is 6.42 Å². The third-order valence-corrected chi connectivity index (χ3v) is 2.42. The third kappa shape index (κ3) is 6.77. The number of benzene rings is 1. The Kier molecular flexibility index (Phi) is 5.57. The molecule has 0 amide bonds. The van der Waals surface area contributed by atoms with Gasteiger partial charge in [-0.15, -0.1) is 0 Å². The van der Waals surface area contributed by atoms with E-state index in [2.05, 4.69) is 0 Å². The Morgan fingerprint density at radius 3 is 2.65 bits per heavy atom. The predicted octanol–water partition coefficient (Wildman–Crippen LogP) is 3.84. The van der Waals surface area contributed by atoms with Crippen LogP contribution >= 0.6 is 34.8 Å². The van der Waals surface area contributed by atoms with Crippen LogP contribution in [-0.2, 0) is 16.0 Å². The summed E-state index contributed by atoms with van der Waals surface area (Å²) in [6, 6.07) is 7.96. The molecule has 0 radical (unpaired) electrons. The smallest absolute Gasteiger partial charge is 0.306 e. The molecule has 0 saturated heterocycles. The van der Waals surface area contributed by atoms with Gasteiger partial charge in [0.1, 0.15) is 6.61 Å². The van der Waals surface area contributed by atoms with Crippen LogP contribution in [0.3, 0.4) is 0 Å². The molecule has 1 rings (SSSR count). The van der Waals surface area contributed by atoms with Crippen LogP contribution in [-0.4, -0.2) is 16.4 Å². The number of aryl methyl sites for hydroxylation is 2. The van der Waals surface area contributed by atoms with Crippen LogP contribution in [0.4, 0.5) is 0 Å². The maximum atomic E-state index is 11.3. The summed E-state index contributed by atoms with van der Waals surface area (Å²) < 4.78 is 3.28. The first-order chi connectivity index (χ1) is 7.87. The molecule has 0 N–H and O–H groups in total. The summed E-state index contributed by atoms with van der Waals surface area (Å²) in [5.74, 6) is -0.363. The van der Waals surface area contributed by atoms with E-state index in [1.807, 2.05) is 31.2 Å². The lowest BCUT2D eigenvalue weighted by Crippen LogP contribution is -2.17. The van der Waals surface area contributed by atoms with Crippen LogP contribution in [0, 0.1) is 6.92 Å². The lowest BCUT2D eigenvalue weighted by molar-refractivity contribution is -0.143. The fraction of sp³-hybridized carbons (Fsp3) is 0.417. The fourth-order valence-corrected chi connectivity index (χ4v) is 1.51. The van der Waals surface area contributed by atoms with Gasteiger partial charge in [-0.05, 0) is 18.9 Å². The molecule has 0 atom stereocenters. The van der Waals surface area contributed by atoms with Crippen molar-refractivity contribution in [3.8, 4) is 0 Å². The van der Waals surface area contributed by atoms with Crippen LogP contribution in [0.25, 0.3) is 0 Å². The normalized spacial score (nSPS) is 11.3. The van der Waals surface area contributed by atoms with Gasteiger partial charge >= 0.3 is 5.97 Å². The number of esters is 1. The Labute approximate surface area is 116 Å². The molecule has 0 heterocycles. The van der Waals surface area contributed by atoms with Crippen LogP contribution in [0.2, 0.25) is 0 Å². The summed E-state index contributed by atoms with van der Waals surface area (Å²) in [7, 11) is 0. The molecular weight excluding hydrogens is 282 g/mol. The van der Waals surface area contributed by atoms with Crippen molar-refractivity contribution in [2.24, 2.45) is 0 Å². The summed E-state index contributed by atoms with van der Waals surface area (Å²) in [6.45, 7) is 1.79. The molecule has 94 valence electrons. The summed E-state index contributed by atoms with van der Waals surface area (Å²) in [5.41, 5.74) is 2.26. The van der Waals surface area contributed by atoms with Crippen molar-refractivity contribution in [3.05, 3.63) is 35.4 Å². The molecule has 0 fully saturated rings. The Hall–Kier alpha value is -0.440. The molecule has 0 saturated carbocycles. The molecule has 17 heavy (non-hydrogen) atoms. The summed E-state index contributed by atoms with van der Waals surface area (Å²) in [4.78, 5) is 11.3. The van der Waals surface area contributed by atoms with Gasteiger partial charge in [0.2, 0.25) is 3.79 Å². The number of alkyl halides is 3. The minimum Gasteiger partial charge on any atom is -0.461 e. The topological polar surface area (TPSA) is 26.3 Å². The van der Waals surface area contributed by atoms with E-state index in [4.69, 9.17) is 39.5 Å². The van der Waals surface area contributed by atoms with Crippen molar-refractivity contribution in [3.63, 3.8) is 0 Å². The molecule has 0 aliphatic heterocycles. The lowest BCUT2D eigenvalue weighted by atomic mass is 10.1.